The summed E-state index contributed by atoms with van der Waals surface area (Å²) < 4.78 is 62.3. The molecule has 114 valence electrons. The summed E-state index contributed by atoms with van der Waals surface area (Å²) in [6, 6.07) is 4.15. The molecule has 0 heterocycles. The summed E-state index contributed by atoms with van der Waals surface area (Å²) >= 11 is 0. The number of aliphatic hydroxyl groups excluding tert-OH is 1. The van der Waals surface area contributed by atoms with Crippen molar-refractivity contribution < 1.29 is 26.7 Å². The third kappa shape index (κ3) is 4.49. The van der Waals surface area contributed by atoms with Crippen LogP contribution in [0, 0.1) is 0 Å². The lowest BCUT2D eigenvalue weighted by Crippen LogP contribution is -2.16. The highest BCUT2D eigenvalue weighted by atomic mass is 32.2. The molecule has 1 aromatic carbocycles. The van der Waals surface area contributed by atoms with Crippen LogP contribution in [0.2, 0.25) is 0 Å². The van der Waals surface area contributed by atoms with Crippen LogP contribution in [0.5, 0.6) is 0 Å². The second-order valence-corrected chi connectivity index (χ2v) is 6.59. The van der Waals surface area contributed by atoms with E-state index >= 15 is 0 Å². The Hall–Kier alpha value is -1.08. The molecule has 1 atom stereocenters. The van der Waals surface area contributed by atoms with Crippen molar-refractivity contribution in [3.8, 4) is 0 Å². The van der Waals surface area contributed by atoms with E-state index < -0.39 is 38.3 Å². The number of rotatable bonds is 6. The monoisotopic (exact) mass is 310 g/mol. The maximum atomic E-state index is 12.8. The Morgan fingerprint density at radius 2 is 1.85 bits per heavy atom. The van der Waals surface area contributed by atoms with Crippen molar-refractivity contribution in [2.75, 3.05) is 5.75 Å². The first-order valence-electron chi connectivity index (χ1n) is 6.25. The maximum Gasteiger partial charge on any atom is 0.417 e. The third-order valence-electron chi connectivity index (χ3n) is 2.95. The van der Waals surface area contributed by atoms with Gasteiger partial charge in [0.25, 0.3) is 0 Å². The summed E-state index contributed by atoms with van der Waals surface area (Å²) in [5.41, 5.74) is -1.14. The van der Waals surface area contributed by atoms with E-state index in [4.69, 9.17) is 0 Å². The third-order valence-corrected chi connectivity index (χ3v) is 4.80. The number of hydrogen-bond acceptors (Lipinski definition) is 3. The van der Waals surface area contributed by atoms with E-state index in [1.165, 1.54) is 6.07 Å². The minimum atomic E-state index is -4.70. The van der Waals surface area contributed by atoms with Gasteiger partial charge in [0.1, 0.15) is 0 Å². The largest absolute Gasteiger partial charge is 0.417 e. The van der Waals surface area contributed by atoms with Gasteiger partial charge in [0.2, 0.25) is 0 Å². The molecule has 7 heteroatoms. The van der Waals surface area contributed by atoms with Gasteiger partial charge >= 0.3 is 6.18 Å². The van der Waals surface area contributed by atoms with Crippen LogP contribution >= 0.6 is 0 Å². The molecule has 1 aromatic rings. The maximum absolute atomic E-state index is 12.8. The zero-order valence-corrected chi connectivity index (χ0v) is 11.8. The Kier molecular flexibility index (Phi) is 5.59. The smallest absolute Gasteiger partial charge is 0.393 e. The quantitative estimate of drug-likeness (QED) is 0.878. The molecule has 0 bridgehead atoms. The minimum Gasteiger partial charge on any atom is -0.393 e. The molecule has 0 amide bonds. The molecule has 0 aromatic heterocycles. The lowest BCUT2D eigenvalue weighted by atomic mass is 10.2. The fraction of sp³-hybridized carbons (Fsp3) is 0.538. The van der Waals surface area contributed by atoms with Gasteiger partial charge in [0, 0.05) is 0 Å². The van der Waals surface area contributed by atoms with Crippen LogP contribution in [0.4, 0.5) is 13.2 Å². The molecular weight excluding hydrogens is 293 g/mol. The summed E-state index contributed by atoms with van der Waals surface area (Å²) in [5.74, 6) is -0.406. The topological polar surface area (TPSA) is 54.4 Å². The van der Waals surface area contributed by atoms with Crippen molar-refractivity contribution in [3.05, 3.63) is 29.8 Å². The van der Waals surface area contributed by atoms with E-state index in [9.17, 15) is 26.7 Å². The molecule has 0 saturated heterocycles. The van der Waals surface area contributed by atoms with Gasteiger partial charge < -0.3 is 5.11 Å². The van der Waals surface area contributed by atoms with Gasteiger partial charge in [0.05, 0.1) is 22.3 Å². The van der Waals surface area contributed by atoms with Crippen LogP contribution < -0.4 is 0 Å². The molecule has 0 fully saturated rings. The van der Waals surface area contributed by atoms with Gasteiger partial charge in [-0.1, -0.05) is 19.1 Å². The van der Waals surface area contributed by atoms with Crippen molar-refractivity contribution in [2.24, 2.45) is 0 Å². The minimum absolute atomic E-state index is 0.129. The molecule has 1 unspecified atom stereocenters. The summed E-state index contributed by atoms with van der Waals surface area (Å²) in [4.78, 5) is -0.696. The second kappa shape index (κ2) is 6.58. The highest BCUT2D eigenvalue weighted by molar-refractivity contribution is 7.91. The normalized spacial score (nSPS) is 14.2. The van der Waals surface area contributed by atoms with Gasteiger partial charge in [-0.2, -0.15) is 13.2 Å². The van der Waals surface area contributed by atoms with Crippen molar-refractivity contribution >= 4 is 9.84 Å². The molecule has 20 heavy (non-hydrogen) atoms. The first kappa shape index (κ1) is 17.0. The van der Waals surface area contributed by atoms with Gasteiger partial charge in [-0.25, -0.2) is 8.42 Å². The summed E-state index contributed by atoms with van der Waals surface area (Å²) in [7, 11) is -4.01. The van der Waals surface area contributed by atoms with E-state index in [2.05, 4.69) is 0 Å². The fourth-order valence-electron chi connectivity index (χ4n) is 1.80. The highest BCUT2D eigenvalue weighted by Gasteiger charge is 2.36. The van der Waals surface area contributed by atoms with Gasteiger partial charge in [-0.3, -0.25) is 0 Å². The molecule has 1 rings (SSSR count). The van der Waals surface area contributed by atoms with E-state index in [0.29, 0.717) is 6.42 Å². The number of hydrogen-bond donors (Lipinski definition) is 1. The van der Waals surface area contributed by atoms with Crippen LogP contribution in [0.25, 0.3) is 0 Å². The Bertz CT molecular complexity index is 538. The average molecular weight is 310 g/mol. The summed E-state index contributed by atoms with van der Waals surface area (Å²) in [6.07, 6.45) is -4.46. The first-order valence-corrected chi connectivity index (χ1v) is 7.90. The average Bonchev–Trinajstić information content (AvgIpc) is 2.37. The molecule has 0 saturated carbocycles. The van der Waals surface area contributed by atoms with Crippen molar-refractivity contribution in [1.29, 1.82) is 0 Å². The Morgan fingerprint density at radius 3 is 2.40 bits per heavy atom. The van der Waals surface area contributed by atoms with Gasteiger partial charge in [-0.05, 0) is 31.4 Å². The summed E-state index contributed by atoms with van der Waals surface area (Å²) in [6.45, 7) is 1.75. The fourth-order valence-corrected chi connectivity index (χ4v) is 3.37. The van der Waals surface area contributed by atoms with E-state index in [1.54, 1.807) is 6.92 Å². The predicted octanol–water partition coefficient (Wildman–Crippen LogP) is 3.03. The van der Waals surface area contributed by atoms with Crippen LogP contribution in [0.3, 0.4) is 0 Å². The number of halogens is 3. The standard InChI is InChI=1S/C13H17F3O3S/c1-2-10(17)6-5-9-20(18,19)12-8-4-3-7-11(12)13(14,15)16/h3-4,7-8,10,17H,2,5-6,9H2,1H3. The van der Waals surface area contributed by atoms with Crippen molar-refractivity contribution in [2.45, 2.75) is 43.4 Å². The molecule has 0 aliphatic heterocycles. The molecule has 3 nitrogen and oxygen atoms in total. The number of sulfone groups is 1. The van der Waals surface area contributed by atoms with Crippen LogP contribution in [-0.4, -0.2) is 25.4 Å². The molecule has 0 aliphatic carbocycles. The molecule has 0 aliphatic rings. The second-order valence-electron chi connectivity index (χ2n) is 4.52. The zero-order valence-electron chi connectivity index (χ0n) is 11.0. The van der Waals surface area contributed by atoms with E-state index in [1.807, 2.05) is 0 Å². The van der Waals surface area contributed by atoms with Crippen LogP contribution in [0.1, 0.15) is 31.7 Å². The lowest BCUT2D eigenvalue weighted by Gasteiger charge is -2.13. The van der Waals surface area contributed by atoms with E-state index in [-0.39, 0.29) is 12.8 Å². The van der Waals surface area contributed by atoms with Crippen molar-refractivity contribution in [1.82, 2.24) is 0 Å². The highest BCUT2D eigenvalue weighted by Crippen LogP contribution is 2.34. The zero-order chi connectivity index (χ0) is 15.4. The molecule has 0 radical (unpaired) electrons. The lowest BCUT2D eigenvalue weighted by molar-refractivity contribution is -0.139. The SMILES string of the molecule is CCC(O)CCCS(=O)(=O)c1ccccc1C(F)(F)F. The van der Waals surface area contributed by atoms with Crippen LogP contribution in [0.15, 0.2) is 29.2 Å². The van der Waals surface area contributed by atoms with Gasteiger partial charge in [0.15, 0.2) is 9.84 Å². The van der Waals surface area contributed by atoms with Crippen LogP contribution in [-0.2, 0) is 16.0 Å². The van der Waals surface area contributed by atoms with E-state index in [0.717, 1.165) is 18.2 Å². The Morgan fingerprint density at radius 1 is 1.25 bits per heavy atom. The number of aliphatic hydroxyl groups is 1. The number of benzene rings is 1. The Balaban J connectivity index is 2.94. The molecule has 0 spiro atoms. The first-order chi connectivity index (χ1) is 9.18. The van der Waals surface area contributed by atoms with Crippen molar-refractivity contribution in [3.63, 3.8) is 0 Å². The summed E-state index contributed by atoms with van der Waals surface area (Å²) in [5, 5.41) is 9.33. The predicted molar refractivity (Wildman–Crippen MR) is 69.0 cm³/mol. The number of alkyl halides is 3. The Labute approximate surface area is 116 Å². The van der Waals surface area contributed by atoms with Gasteiger partial charge in [-0.15, -0.1) is 0 Å². The molecule has 1 N–H and O–H groups in total. The molecular formula is C13H17F3O3S.